The standard InChI is InChI=1S/C15H20FN3O6S/c1-9(2)13(14(21)18-15(17)22)25-12(20)8-19(3)26(23,24)11-6-4-10(16)5-7-11/h4-7,9,13H,8H2,1-3H3,(H3,17,18,21,22). The summed E-state index contributed by atoms with van der Waals surface area (Å²) in [7, 11) is -2.92. The summed E-state index contributed by atoms with van der Waals surface area (Å²) in [6.45, 7) is 2.45. The number of ether oxygens (including phenoxy) is 1. The fourth-order valence-electron chi connectivity index (χ4n) is 1.92. The highest BCUT2D eigenvalue weighted by Crippen LogP contribution is 2.15. The maximum atomic E-state index is 12.9. The summed E-state index contributed by atoms with van der Waals surface area (Å²) in [5, 5.41) is 1.80. The third-order valence-corrected chi connectivity index (χ3v) is 5.06. The summed E-state index contributed by atoms with van der Waals surface area (Å²) in [6, 6.07) is 2.96. The van der Waals surface area contributed by atoms with Crippen LogP contribution in [0.5, 0.6) is 0 Å². The molecule has 0 aliphatic carbocycles. The third-order valence-electron chi connectivity index (χ3n) is 3.24. The second-order valence-electron chi connectivity index (χ2n) is 5.72. The number of carbonyl (C=O) groups is 3. The zero-order valence-electron chi connectivity index (χ0n) is 14.4. The van der Waals surface area contributed by atoms with Crippen LogP contribution in [0.25, 0.3) is 0 Å². The van der Waals surface area contributed by atoms with Gasteiger partial charge >= 0.3 is 12.0 Å². The Morgan fingerprint density at radius 2 is 1.77 bits per heavy atom. The van der Waals surface area contributed by atoms with Gasteiger partial charge in [-0.2, -0.15) is 4.31 Å². The number of sulfonamides is 1. The summed E-state index contributed by atoms with van der Waals surface area (Å²) < 4.78 is 43.3. The number of hydrogen-bond acceptors (Lipinski definition) is 6. The predicted molar refractivity (Wildman–Crippen MR) is 88.7 cm³/mol. The summed E-state index contributed by atoms with van der Waals surface area (Å²) in [5.41, 5.74) is 4.85. The van der Waals surface area contributed by atoms with Crippen molar-refractivity contribution in [2.45, 2.75) is 24.8 Å². The Hall–Kier alpha value is -2.53. The molecule has 0 spiro atoms. The van der Waals surface area contributed by atoms with E-state index in [1.807, 2.05) is 0 Å². The first kappa shape index (κ1) is 21.5. The minimum absolute atomic E-state index is 0.207. The second-order valence-corrected chi connectivity index (χ2v) is 7.77. The SMILES string of the molecule is CC(C)C(OC(=O)CN(C)S(=O)(=O)c1ccc(F)cc1)C(=O)NC(N)=O. The van der Waals surface area contributed by atoms with Crippen LogP contribution < -0.4 is 11.1 Å². The highest BCUT2D eigenvalue weighted by Gasteiger charge is 2.30. The zero-order chi connectivity index (χ0) is 20.1. The van der Waals surface area contributed by atoms with E-state index < -0.39 is 52.3 Å². The van der Waals surface area contributed by atoms with Gasteiger partial charge in [0.25, 0.3) is 5.91 Å². The van der Waals surface area contributed by atoms with Gasteiger partial charge < -0.3 is 10.5 Å². The number of amides is 3. The second kappa shape index (κ2) is 8.72. The number of nitrogens with zero attached hydrogens (tertiary/aromatic N) is 1. The van der Waals surface area contributed by atoms with Gasteiger partial charge in [-0.1, -0.05) is 13.8 Å². The van der Waals surface area contributed by atoms with Gasteiger partial charge in [0.15, 0.2) is 6.10 Å². The highest BCUT2D eigenvalue weighted by atomic mass is 32.2. The highest BCUT2D eigenvalue weighted by molar-refractivity contribution is 7.89. The number of nitrogens with two attached hydrogens (primary N) is 1. The normalized spacial score (nSPS) is 12.7. The van der Waals surface area contributed by atoms with Crippen LogP contribution in [0.4, 0.5) is 9.18 Å². The van der Waals surface area contributed by atoms with Crippen LogP contribution in [-0.4, -0.2) is 50.3 Å². The Labute approximate surface area is 150 Å². The molecule has 3 N–H and O–H groups in total. The first-order valence-electron chi connectivity index (χ1n) is 7.46. The van der Waals surface area contributed by atoms with Crippen LogP contribution in [0.2, 0.25) is 0 Å². The number of primary amides is 1. The summed E-state index contributed by atoms with van der Waals surface area (Å²) in [4.78, 5) is 34.4. The van der Waals surface area contributed by atoms with E-state index >= 15 is 0 Å². The number of esters is 1. The number of urea groups is 1. The minimum Gasteiger partial charge on any atom is -0.451 e. The molecule has 11 heteroatoms. The van der Waals surface area contributed by atoms with Crippen LogP contribution >= 0.6 is 0 Å². The quantitative estimate of drug-likeness (QED) is 0.640. The van der Waals surface area contributed by atoms with E-state index in [-0.39, 0.29) is 4.90 Å². The van der Waals surface area contributed by atoms with Crippen LogP contribution in [0.1, 0.15) is 13.8 Å². The Bertz CT molecular complexity index is 779. The molecule has 0 radical (unpaired) electrons. The van der Waals surface area contributed by atoms with Gasteiger partial charge in [0, 0.05) is 7.05 Å². The molecule has 3 amide bonds. The molecule has 0 aromatic heterocycles. The molecule has 1 atom stereocenters. The molecule has 0 saturated heterocycles. The average molecular weight is 389 g/mol. The van der Waals surface area contributed by atoms with Crippen molar-refractivity contribution in [2.24, 2.45) is 11.7 Å². The third kappa shape index (κ3) is 5.77. The van der Waals surface area contributed by atoms with Crippen molar-refractivity contribution in [1.82, 2.24) is 9.62 Å². The Morgan fingerprint density at radius 3 is 2.23 bits per heavy atom. The largest absolute Gasteiger partial charge is 0.451 e. The number of nitrogens with one attached hydrogen (secondary N) is 1. The summed E-state index contributed by atoms with van der Waals surface area (Å²) >= 11 is 0. The molecule has 0 aliphatic heterocycles. The molecule has 9 nitrogen and oxygen atoms in total. The lowest BCUT2D eigenvalue weighted by molar-refractivity contribution is -0.158. The maximum Gasteiger partial charge on any atom is 0.322 e. The molecule has 1 aromatic carbocycles. The van der Waals surface area contributed by atoms with Gasteiger partial charge in [0.2, 0.25) is 10.0 Å². The zero-order valence-corrected chi connectivity index (χ0v) is 15.2. The maximum absolute atomic E-state index is 12.9. The molecule has 0 aliphatic rings. The van der Waals surface area contributed by atoms with Gasteiger partial charge in [-0.15, -0.1) is 0 Å². The van der Waals surface area contributed by atoms with Crippen molar-refractivity contribution < 1.29 is 31.9 Å². The number of hydrogen-bond donors (Lipinski definition) is 2. The lowest BCUT2D eigenvalue weighted by atomic mass is 10.1. The van der Waals surface area contributed by atoms with E-state index in [2.05, 4.69) is 0 Å². The van der Waals surface area contributed by atoms with E-state index in [4.69, 9.17) is 10.5 Å². The first-order chi connectivity index (χ1) is 11.9. The van der Waals surface area contributed by atoms with Gasteiger partial charge in [-0.25, -0.2) is 17.6 Å². The summed E-state index contributed by atoms with van der Waals surface area (Å²) in [6.07, 6.45) is -1.32. The number of benzene rings is 1. The van der Waals surface area contributed by atoms with Crippen molar-refractivity contribution >= 4 is 27.9 Å². The molecule has 0 fully saturated rings. The first-order valence-corrected chi connectivity index (χ1v) is 8.91. The van der Waals surface area contributed by atoms with Crippen molar-refractivity contribution in [1.29, 1.82) is 0 Å². The number of imide groups is 1. The monoisotopic (exact) mass is 389 g/mol. The van der Waals surface area contributed by atoms with Gasteiger partial charge in [0.05, 0.1) is 4.90 Å². The Morgan fingerprint density at radius 1 is 1.23 bits per heavy atom. The Kier molecular flexibility index (Phi) is 7.21. The molecule has 0 bridgehead atoms. The van der Waals surface area contributed by atoms with E-state index in [0.29, 0.717) is 4.31 Å². The predicted octanol–water partition coefficient (Wildman–Crippen LogP) is 0.209. The number of halogens is 1. The number of likely N-dealkylation sites (N-methyl/N-ethyl adjacent to an activating group) is 1. The molecular formula is C15H20FN3O6S. The molecule has 26 heavy (non-hydrogen) atoms. The van der Waals surface area contributed by atoms with Crippen molar-refractivity contribution in [3.63, 3.8) is 0 Å². The van der Waals surface area contributed by atoms with Crippen LogP contribution in [0.3, 0.4) is 0 Å². The molecule has 144 valence electrons. The van der Waals surface area contributed by atoms with Crippen LogP contribution in [0, 0.1) is 11.7 Å². The molecule has 0 heterocycles. The van der Waals surface area contributed by atoms with E-state index in [1.54, 1.807) is 19.2 Å². The molecular weight excluding hydrogens is 369 g/mol. The van der Waals surface area contributed by atoms with Crippen LogP contribution in [0.15, 0.2) is 29.2 Å². The topological polar surface area (TPSA) is 136 Å². The van der Waals surface area contributed by atoms with Crippen LogP contribution in [-0.2, 0) is 24.3 Å². The van der Waals surface area contributed by atoms with Crippen molar-refractivity contribution in [2.75, 3.05) is 13.6 Å². The lowest BCUT2D eigenvalue weighted by Crippen LogP contribution is -2.46. The van der Waals surface area contributed by atoms with Crippen molar-refractivity contribution in [3.05, 3.63) is 30.1 Å². The minimum atomic E-state index is -4.05. The number of rotatable bonds is 7. The van der Waals surface area contributed by atoms with Gasteiger partial charge in [-0.3, -0.25) is 14.9 Å². The van der Waals surface area contributed by atoms with Crippen molar-refractivity contribution in [3.8, 4) is 0 Å². The average Bonchev–Trinajstić information content (AvgIpc) is 2.51. The van der Waals surface area contributed by atoms with E-state index in [0.717, 1.165) is 31.3 Å². The van der Waals surface area contributed by atoms with Gasteiger partial charge in [-0.05, 0) is 30.2 Å². The molecule has 0 saturated carbocycles. The van der Waals surface area contributed by atoms with Gasteiger partial charge in [0.1, 0.15) is 12.4 Å². The smallest absolute Gasteiger partial charge is 0.322 e. The fourth-order valence-corrected chi connectivity index (χ4v) is 3.03. The molecule has 1 aromatic rings. The summed E-state index contributed by atoms with van der Waals surface area (Å²) in [5.74, 6) is -3.01. The fraction of sp³-hybridized carbons (Fsp3) is 0.400. The lowest BCUT2D eigenvalue weighted by Gasteiger charge is -2.22. The molecule has 1 rings (SSSR count). The Balaban J connectivity index is 2.83. The van der Waals surface area contributed by atoms with E-state index in [9.17, 15) is 27.2 Å². The van der Waals surface area contributed by atoms with E-state index in [1.165, 1.54) is 0 Å². The number of carbonyl (C=O) groups excluding carboxylic acids is 3. The molecule has 1 unspecified atom stereocenters.